The fourth-order valence-corrected chi connectivity index (χ4v) is 1.11. The Morgan fingerprint density at radius 3 is 2.93 bits per heavy atom. The second kappa shape index (κ2) is 3.26. The maximum atomic E-state index is 13.2. The lowest BCUT2D eigenvalue weighted by molar-refractivity contribution is 0.608. The van der Waals surface area contributed by atoms with Gasteiger partial charge in [0.25, 0.3) is 0 Å². The minimum atomic E-state index is -0.484. The highest BCUT2D eigenvalue weighted by Gasteiger charge is 2.08. The molecule has 14 heavy (non-hydrogen) atoms. The van der Waals surface area contributed by atoms with Gasteiger partial charge in [0.1, 0.15) is 6.07 Å². The molecule has 0 unspecified atom stereocenters. The number of imidazole rings is 1. The molecular formula is C9H5FN4. The molecule has 0 amide bonds. The van der Waals surface area contributed by atoms with Crippen molar-refractivity contribution in [3.05, 3.63) is 42.4 Å². The van der Waals surface area contributed by atoms with Gasteiger partial charge in [-0.3, -0.25) is 4.57 Å². The van der Waals surface area contributed by atoms with Crippen LogP contribution in [0.3, 0.4) is 0 Å². The van der Waals surface area contributed by atoms with E-state index in [2.05, 4.69) is 9.97 Å². The maximum Gasteiger partial charge on any atom is 0.218 e. The molecule has 0 radical (unpaired) electrons. The van der Waals surface area contributed by atoms with Crippen LogP contribution in [0.2, 0.25) is 0 Å². The normalized spacial score (nSPS) is 9.71. The summed E-state index contributed by atoms with van der Waals surface area (Å²) in [5.74, 6) is -0.286. The first kappa shape index (κ1) is 8.38. The molecule has 0 spiro atoms. The highest BCUT2D eigenvalue weighted by Crippen LogP contribution is 2.10. The van der Waals surface area contributed by atoms with Crippen molar-refractivity contribution in [3.63, 3.8) is 0 Å². The van der Waals surface area contributed by atoms with Crippen molar-refractivity contribution < 1.29 is 4.39 Å². The van der Waals surface area contributed by atoms with Crippen LogP contribution in [0.15, 0.2) is 30.7 Å². The zero-order chi connectivity index (χ0) is 9.97. The van der Waals surface area contributed by atoms with Crippen molar-refractivity contribution in [2.24, 2.45) is 0 Å². The molecule has 0 aromatic carbocycles. The summed E-state index contributed by atoms with van der Waals surface area (Å²) in [6.45, 7) is 0. The Morgan fingerprint density at radius 1 is 1.36 bits per heavy atom. The fraction of sp³-hybridized carbons (Fsp3) is 0. The van der Waals surface area contributed by atoms with Gasteiger partial charge in [-0.05, 0) is 12.1 Å². The number of pyridine rings is 1. The van der Waals surface area contributed by atoms with Crippen LogP contribution in [-0.4, -0.2) is 14.5 Å². The van der Waals surface area contributed by atoms with Crippen molar-refractivity contribution in [1.29, 1.82) is 5.26 Å². The number of rotatable bonds is 1. The molecule has 4 nitrogen and oxygen atoms in total. The van der Waals surface area contributed by atoms with E-state index in [-0.39, 0.29) is 11.6 Å². The van der Waals surface area contributed by atoms with Crippen molar-refractivity contribution in [3.8, 4) is 11.9 Å². The summed E-state index contributed by atoms with van der Waals surface area (Å²) in [7, 11) is 0. The first-order valence-electron chi connectivity index (χ1n) is 3.87. The molecule has 0 N–H and O–H groups in total. The molecule has 2 aromatic heterocycles. The Hall–Kier alpha value is -2.22. The number of hydrogen-bond acceptors (Lipinski definition) is 3. The van der Waals surface area contributed by atoms with E-state index in [0.717, 1.165) is 0 Å². The van der Waals surface area contributed by atoms with E-state index in [1.807, 2.05) is 6.07 Å². The molecule has 0 bridgehead atoms. The van der Waals surface area contributed by atoms with E-state index < -0.39 is 5.82 Å². The van der Waals surface area contributed by atoms with Crippen molar-refractivity contribution >= 4 is 0 Å². The lowest BCUT2D eigenvalue weighted by atomic mass is 10.4. The minimum Gasteiger partial charge on any atom is -0.273 e. The summed E-state index contributed by atoms with van der Waals surface area (Å²) in [4.78, 5) is 7.57. The maximum absolute atomic E-state index is 13.2. The van der Waals surface area contributed by atoms with E-state index in [1.54, 1.807) is 0 Å². The summed E-state index contributed by atoms with van der Waals surface area (Å²) in [6.07, 6.45) is 4.37. The van der Waals surface area contributed by atoms with Crippen LogP contribution < -0.4 is 0 Å². The van der Waals surface area contributed by atoms with E-state index in [0.29, 0.717) is 0 Å². The number of aromatic nitrogens is 3. The summed E-state index contributed by atoms with van der Waals surface area (Å²) < 4.78 is 14.5. The predicted molar refractivity (Wildman–Crippen MR) is 46.0 cm³/mol. The molecule has 2 rings (SSSR count). The van der Waals surface area contributed by atoms with Crippen LogP contribution in [0, 0.1) is 17.1 Å². The largest absolute Gasteiger partial charge is 0.273 e. The average Bonchev–Trinajstić information content (AvgIpc) is 2.66. The second-order valence-corrected chi connectivity index (χ2v) is 2.54. The zero-order valence-corrected chi connectivity index (χ0v) is 7.05. The van der Waals surface area contributed by atoms with Gasteiger partial charge in [-0.1, -0.05) is 0 Å². The van der Waals surface area contributed by atoms with Gasteiger partial charge < -0.3 is 0 Å². The number of nitriles is 1. The van der Waals surface area contributed by atoms with Crippen molar-refractivity contribution in [2.45, 2.75) is 0 Å². The van der Waals surface area contributed by atoms with Crippen molar-refractivity contribution in [2.75, 3.05) is 0 Å². The number of hydrogen-bond donors (Lipinski definition) is 0. The summed E-state index contributed by atoms with van der Waals surface area (Å²) in [5.41, 5.74) is 0. The van der Waals surface area contributed by atoms with Gasteiger partial charge in [-0.2, -0.15) is 5.26 Å². The topological polar surface area (TPSA) is 54.5 Å². The van der Waals surface area contributed by atoms with E-state index >= 15 is 0 Å². The predicted octanol–water partition coefficient (Wildman–Crippen LogP) is 1.28. The standard InChI is InChI=1S/C9H5FN4/c10-7-2-1-3-13-9(7)14-5-4-12-8(14)6-11/h1-5H. The quantitative estimate of drug-likeness (QED) is 0.677. The first-order valence-corrected chi connectivity index (χ1v) is 3.87. The molecule has 0 fully saturated rings. The monoisotopic (exact) mass is 188 g/mol. The molecule has 68 valence electrons. The van der Waals surface area contributed by atoms with Gasteiger partial charge in [0.05, 0.1) is 0 Å². The molecule has 5 heteroatoms. The molecule has 0 saturated heterocycles. The number of halogens is 1. The summed E-state index contributed by atoms with van der Waals surface area (Å²) in [5, 5.41) is 8.68. The molecule has 0 aliphatic heterocycles. The van der Waals surface area contributed by atoms with Gasteiger partial charge in [-0.15, -0.1) is 0 Å². The molecule has 0 aliphatic rings. The van der Waals surface area contributed by atoms with Crippen LogP contribution in [-0.2, 0) is 0 Å². The minimum absolute atomic E-state index is 0.0848. The molecule has 0 atom stereocenters. The third kappa shape index (κ3) is 1.23. The smallest absolute Gasteiger partial charge is 0.218 e. The SMILES string of the molecule is N#Cc1nccn1-c1ncccc1F. The molecule has 0 aliphatic carbocycles. The van der Waals surface area contributed by atoms with E-state index in [9.17, 15) is 4.39 Å². The van der Waals surface area contributed by atoms with E-state index in [4.69, 9.17) is 5.26 Å². The molecule has 2 heterocycles. The van der Waals surface area contributed by atoms with Crippen LogP contribution in [0.4, 0.5) is 4.39 Å². The zero-order valence-electron chi connectivity index (χ0n) is 7.05. The third-order valence-corrected chi connectivity index (χ3v) is 1.71. The van der Waals surface area contributed by atoms with Crippen LogP contribution in [0.5, 0.6) is 0 Å². The van der Waals surface area contributed by atoms with Gasteiger partial charge >= 0.3 is 0 Å². The van der Waals surface area contributed by atoms with Gasteiger partial charge in [0.2, 0.25) is 5.82 Å². The lowest BCUT2D eigenvalue weighted by Crippen LogP contribution is -2.01. The molecular weight excluding hydrogens is 183 g/mol. The van der Waals surface area contributed by atoms with Gasteiger partial charge in [-0.25, -0.2) is 14.4 Å². The average molecular weight is 188 g/mol. The summed E-state index contributed by atoms with van der Waals surface area (Å²) >= 11 is 0. The van der Waals surface area contributed by atoms with Crippen LogP contribution >= 0.6 is 0 Å². The molecule has 0 saturated carbocycles. The fourth-order valence-electron chi connectivity index (χ4n) is 1.11. The first-order chi connectivity index (χ1) is 6.83. The summed E-state index contributed by atoms with van der Waals surface area (Å²) in [6, 6.07) is 4.62. The van der Waals surface area contributed by atoms with Crippen LogP contribution in [0.1, 0.15) is 5.82 Å². The van der Waals surface area contributed by atoms with Gasteiger partial charge in [0.15, 0.2) is 11.6 Å². The Kier molecular flexibility index (Phi) is 1.95. The van der Waals surface area contributed by atoms with Gasteiger partial charge in [0, 0.05) is 18.6 Å². The highest BCUT2D eigenvalue weighted by atomic mass is 19.1. The lowest BCUT2D eigenvalue weighted by Gasteiger charge is -2.02. The number of nitrogens with zero attached hydrogens (tertiary/aromatic N) is 4. The third-order valence-electron chi connectivity index (χ3n) is 1.71. The van der Waals surface area contributed by atoms with Crippen molar-refractivity contribution in [1.82, 2.24) is 14.5 Å². The Balaban J connectivity index is 2.62. The van der Waals surface area contributed by atoms with E-state index in [1.165, 1.54) is 35.3 Å². The Bertz CT molecular complexity index is 498. The highest BCUT2D eigenvalue weighted by molar-refractivity contribution is 5.29. The van der Waals surface area contributed by atoms with Crippen LogP contribution in [0.25, 0.3) is 5.82 Å². The Labute approximate surface area is 79.3 Å². The Morgan fingerprint density at radius 2 is 2.21 bits per heavy atom. The molecule has 2 aromatic rings. The second-order valence-electron chi connectivity index (χ2n) is 2.54.